The van der Waals surface area contributed by atoms with E-state index in [-0.39, 0.29) is 24.8 Å². The molecule has 0 spiro atoms. The molecule has 0 saturated carbocycles. The van der Waals surface area contributed by atoms with E-state index in [1.54, 1.807) is 20.8 Å². The maximum absolute atomic E-state index is 2.48. The maximum Gasteiger partial charge on any atom is -1.00 e. The summed E-state index contributed by atoms with van der Waals surface area (Å²) in [4.78, 5) is 0. The van der Waals surface area contributed by atoms with Gasteiger partial charge in [0, 0.05) is 0 Å². The predicted octanol–water partition coefficient (Wildman–Crippen LogP) is -2.14. The van der Waals surface area contributed by atoms with E-state index in [4.69, 9.17) is 0 Å². The average molecular weight is 473 g/mol. The number of hydrogen-bond donors (Lipinski definition) is 0. The second-order valence-electron chi connectivity index (χ2n) is 6.60. The van der Waals surface area contributed by atoms with Crippen LogP contribution in [-0.2, 0) is 23.2 Å². The third-order valence-corrected chi connectivity index (χ3v) is 15.4. The van der Waals surface area contributed by atoms with E-state index in [0.29, 0.717) is 0 Å². The van der Waals surface area contributed by atoms with Gasteiger partial charge in [-0.05, 0) is 0 Å². The van der Waals surface area contributed by atoms with Crippen molar-refractivity contribution in [2.75, 3.05) is 0 Å². The fourth-order valence-electron chi connectivity index (χ4n) is 4.44. The number of halogens is 2. The molecule has 3 aliphatic rings. The third-order valence-electron chi connectivity index (χ3n) is 5.39. The summed E-state index contributed by atoms with van der Waals surface area (Å²) >= 11 is -0.562. The molecule has 2 aromatic rings. The van der Waals surface area contributed by atoms with Crippen LogP contribution in [0.2, 0.25) is 0 Å². The summed E-state index contributed by atoms with van der Waals surface area (Å²) in [5.41, 5.74) is 0. The van der Waals surface area contributed by atoms with Gasteiger partial charge in [0.25, 0.3) is 0 Å². The van der Waals surface area contributed by atoms with Crippen molar-refractivity contribution in [2.24, 2.45) is 0 Å². The second kappa shape index (κ2) is 7.98. The first-order valence-electron chi connectivity index (χ1n) is 8.59. The molecule has 0 bridgehead atoms. The first kappa shape index (κ1) is 19.8. The molecule has 0 aromatic heterocycles. The van der Waals surface area contributed by atoms with Crippen LogP contribution >= 0.6 is 0 Å². The van der Waals surface area contributed by atoms with Crippen molar-refractivity contribution >= 4 is 18.4 Å². The zero-order chi connectivity index (χ0) is 16.0. The molecular formula is C22H18Cl2SiZr. The Morgan fingerprint density at radius 3 is 1.46 bits per heavy atom. The summed E-state index contributed by atoms with van der Waals surface area (Å²) in [6.45, 7) is 0. The van der Waals surface area contributed by atoms with E-state index in [9.17, 15) is 0 Å². The van der Waals surface area contributed by atoms with Gasteiger partial charge in [0.1, 0.15) is 0 Å². The molecule has 1 heterocycles. The van der Waals surface area contributed by atoms with Crippen LogP contribution in [0.5, 0.6) is 0 Å². The second-order valence-corrected chi connectivity index (χ2v) is 13.9. The first-order chi connectivity index (χ1) is 11.9. The number of benzene rings is 2. The largest absolute Gasteiger partial charge is 1.00 e. The Bertz CT molecular complexity index is 850. The summed E-state index contributed by atoms with van der Waals surface area (Å²) < 4.78 is 3.67. The Morgan fingerprint density at radius 2 is 1.04 bits per heavy atom. The monoisotopic (exact) mass is 470 g/mol. The Morgan fingerprint density at radius 1 is 0.615 bits per heavy atom. The van der Waals surface area contributed by atoms with Crippen molar-refractivity contribution in [2.45, 2.75) is 12.8 Å². The molecule has 128 valence electrons. The summed E-state index contributed by atoms with van der Waals surface area (Å²) in [5, 5.41) is 6.54. The fourth-order valence-corrected chi connectivity index (χ4v) is 16.1. The zero-order valence-corrected chi connectivity index (χ0v) is 19.2. The molecule has 0 saturated heterocycles. The molecule has 0 radical (unpaired) electrons. The van der Waals surface area contributed by atoms with E-state index < -0.39 is 31.3 Å². The van der Waals surface area contributed by atoms with Crippen LogP contribution in [0.1, 0.15) is 12.8 Å². The molecule has 26 heavy (non-hydrogen) atoms. The third kappa shape index (κ3) is 2.83. The summed E-state index contributed by atoms with van der Waals surface area (Å²) in [6.07, 6.45) is 12.2. The van der Waals surface area contributed by atoms with Gasteiger partial charge < -0.3 is 24.8 Å². The molecular weight excluding hydrogens is 454 g/mol. The summed E-state index contributed by atoms with van der Waals surface area (Å²) in [5.74, 6) is 0. The van der Waals surface area contributed by atoms with Crippen LogP contribution in [0.4, 0.5) is 0 Å². The Hall–Kier alpha value is -0.920. The molecule has 4 heteroatoms. The van der Waals surface area contributed by atoms with Gasteiger partial charge in [0.2, 0.25) is 0 Å². The van der Waals surface area contributed by atoms with Crippen LogP contribution in [-0.4, -0.2) is 8.07 Å². The van der Waals surface area contributed by atoms with Crippen LogP contribution in [0.15, 0.2) is 102 Å². The van der Waals surface area contributed by atoms with E-state index in [1.807, 2.05) is 6.56 Å². The SMILES string of the molecule is C1=CC2=[C](C1)[Zr+2][C]1=C(C=CC1)[Si]2(c1ccccc1)c1ccccc1.[Cl-].[Cl-]. The minimum absolute atomic E-state index is 0. The number of hydrogen-bond acceptors (Lipinski definition) is 0. The molecule has 0 amide bonds. The molecule has 2 aliphatic carbocycles. The molecule has 0 nitrogen and oxygen atoms in total. The minimum atomic E-state index is -2.07. The van der Waals surface area contributed by atoms with Crippen LogP contribution in [0.25, 0.3) is 0 Å². The molecule has 5 rings (SSSR count). The van der Waals surface area contributed by atoms with E-state index in [0.717, 1.165) is 0 Å². The van der Waals surface area contributed by atoms with Crippen LogP contribution < -0.4 is 35.2 Å². The molecule has 1 aliphatic heterocycles. The first-order valence-corrected chi connectivity index (χ1v) is 13.0. The minimum Gasteiger partial charge on any atom is -1.00 e. The van der Waals surface area contributed by atoms with E-state index >= 15 is 0 Å². The smallest absolute Gasteiger partial charge is 1.00 e. The van der Waals surface area contributed by atoms with Gasteiger partial charge in [-0.2, -0.15) is 0 Å². The normalized spacial score (nSPS) is 18.3. The summed E-state index contributed by atoms with van der Waals surface area (Å²) in [7, 11) is -2.07. The number of rotatable bonds is 2. The Balaban J connectivity index is 0.000000980. The van der Waals surface area contributed by atoms with Gasteiger partial charge >= 0.3 is 156 Å². The van der Waals surface area contributed by atoms with Crippen LogP contribution in [0, 0.1) is 0 Å². The standard InChI is InChI=1S/C22H18Si.2ClH.Zr/c1-3-11-19(12-4-1)23(21-15-7-8-16-21,22-17-9-10-18-22)20-13-5-2-6-14-20;;;/h1-7,9,11-15,17H,8,10H2;2*1H;/q;;;+2/p-2. The van der Waals surface area contributed by atoms with Gasteiger partial charge in [0.05, 0.1) is 0 Å². The topological polar surface area (TPSA) is 0 Å². The van der Waals surface area contributed by atoms with Gasteiger partial charge in [-0.3, -0.25) is 0 Å². The van der Waals surface area contributed by atoms with Gasteiger partial charge in [0.15, 0.2) is 0 Å². The fraction of sp³-hybridized carbons (Fsp3) is 0.0909. The summed E-state index contributed by atoms with van der Waals surface area (Å²) in [6, 6.07) is 22.7. The van der Waals surface area contributed by atoms with E-state index in [2.05, 4.69) is 85.0 Å². The van der Waals surface area contributed by atoms with Crippen molar-refractivity contribution in [1.29, 1.82) is 0 Å². The quantitative estimate of drug-likeness (QED) is 0.438. The van der Waals surface area contributed by atoms with Crippen molar-refractivity contribution in [1.82, 2.24) is 0 Å². The van der Waals surface area contributed by atoms with Gasteiger partial charge in [-0.25, -0.2) is 0 Å². The number of allylic oxidation sites excluding steroid dienone is 8. The Labute approximate surface area is 180 Å². The van der Waals surface area contributed by atoms with Crippen molar-refractivity contribution in [3.05, 3.63) is 102 Å². The maximum atomic E-state index is 2.48. The van der Waals surface area contributed by atoms with Crippen molar-refractivity contribution in [3.8, 4) is 0 Å². The molecule has 0 fully saturated rings. The van der Waals surface area contributed by atoms with Gasteiger partial charge in [-0.1, -0.05) is 0 Å². The van der Waals surface area contributed by atoms with E-state index in [1.165, 1.54) is 12.8 Å². The van der Waals surface area contributed by atoms with Crippen LogP contribution in [0.3, 0.4) is 0 Å². The predicted molar refractivity (Wildman–Crippen MR) is 99.5 cm³/mol. The molecule has 2 aromatic carbocycles. The van der Waals surface area contributed by atoms with Gasteiger partial charge in [-0.15, -0.1) is 0 Å². The molecule has 0 unspecified atom stereocenters. The average Bonchev–Trinajstić information content (AvgIpc) is 3.30. The Kier molecular flexibility index (Phi) is 6.09. The molecule has 0 atom stereocenters. The molecule has 0 N–H and O–H groups in total. The van der Waals surface area contributed by atoms with Crippen molar-refractivity contribution in [3.63, 3.8) is 0 Å². The zero-order valence-electron chi connectivity index (χ0n) is 14.3. The van der Waals surface area contributed by atoms with Crippen molar-refractivity contribution < 1.29 is 48.0 Å².